The van der Waals surface area contributed by atoms with Crippen LogP contribution in [0.2, 0.25) is 0 Å². The lowest BCUT2D eigenvalue weighted by atomic mass is 9.74. The van der Waals surface area contributed by atoms with E-state index in [0.29, 0.717) is 26.1 Å². The van der Waals surface area contributed by atoms with Crippen molar-refractivity contribution in [1.29, 1.82) is 0 Å². The van der Waals surface area contributed by atoms with Crippen molar-refractivity contribution in [3.63, 3.8) is 0 Å². The highest BCUT2D eigenvalue weighted by Crippen LogP contribution is 2.37. The van der Waals surface area contributed by atoms with Gasteiger partial charge in [0.25, 0.3) is 0 Å². The van der Waals surface area contributed by atoms with E-state index in [2.05, 4.69) is 5.32 Å². The molecule has 0 heterocycles. The van der Waals surface area contributed by atoms with Crippen LogP contribution < -0.4 is 5.32 Å². The number of esters is 1. The third-order valence-electron chi connectivity index (χ3n) is 4.09. The first-order valence-electron chi connectivity index (χ1n) is 9.24. The van der Waals surface area contributed by atoms with Crippen LogP contribution in [-0.2, 0) is 25.6 Å². The minimum Gasteiger partial charge on any atom is -0.463 e. The molecule has 0 saturated heterocycles. The quantitative estimate of drug-likeness (QED) is 0.580. The second kappa shape index (κ2) is 9.04. The zero-order valence-corrected chi connectivity index (χ0v) is 16.5. The fraction of sp³-hybridized carbons (Fsp3) is 0.524. The van der Waals surface area contributed by atoms with Gasteiger partial charge in [-0.25, -0.2) is 9.59 Å². The van der Waals surface area contributed by atoms with Crippen molar-refractivity contribution in [2.45, 2.75) is 64.4 Å². The van der Waals surface area contributed by atoms with E-state index in [1.54, 1.807) is 33.8 Å². The number of carbonyl (C=O) groups is 2. The largest absolute Gasteiger partial charge is 0.463 e. The van der Waals surface area contributed by atoms with Gasteiger partial charge in [0.05, 0.1) is 24.9 Å². The summed E-state index contributed by atoms with van der Waals surface area (Å²) < 4.78 is 16.2. The average molecular weight is 375 g/mol. The fourth-order valence-corrected chi connectivity index (χ4v) is 2.86. The molecule has 1 fully saturated rings. The highest BCUT2D eigenvalue weighted by molar-refractivity contribution is 5.82. The minimum atomic E-state index is -0.670. The van der Waals surface area contributed by atoms with Gasteiger partial charge in [-0.3, -0.25) is 0 Å². The molecule has 27 heavy (non-hydrogen) atoms. The molecule has 1 aromatic rings. The Labute approximate surface area is 160 Å². The van der Waals surface area contributed by atoms with Gasteiger partial charge in [0.15, 0.2) is 0 Å². The van der Waals surface area contributed by atoms with Crippen molar-refractivity contribution in [2.24, 2.45) is 0 Å². The number of amides is 1. The SMILES string of the molecule is CCOC(=O)/C=C/C1(NC(=O)OC(C)(C)C)CC(OCc2ccccc2)C1. The van der Waals surface area contributed by atoms with E-state index < -0.39 is 23.2 Å². The molecule has 148 valence electrons. The molecular formula is C21H29NO5. The fourth-order valence-electron chi connectivity index (χ4n) is 2.86. The van der Waals surface area contributed by atoms with Gasteiger partial charge < -0.3 is 19.5 Å². The lowest BCUT2D eigenvalue weighted by molar-refractivity contribution is -0.137. The first-order valence-corrected chi connectivity index (χ1v) is 9.24. The molecule has 0 aromatic heterocycles. The molecule has 2 rings (SSSR count). The van der Waals surface area contributed by atoms with E-state index in [1.165, 1.54) is 6.08 Å². The van der Waals surface area contributed by atoms with Gasteiger partial charge in [0.1, 0.15) is 5.60 Å². The first kappa shape index (κ1) is 21.0. The van der Waals surface area contributed by atoms with Gasteiger partial charge in [-0.15, -0.1) is 0 Å². The number of benzene rings is 1. The second-order valence-corrected chi connectivity index (χ2v) is 7.70. The Kier molecular flexibility index (Phi) is 7.02. The summed E-state index contributed by atoms with van der Waals surface area (Å²) in [4.78, 5) is 23.9. The molecule has 6 heteroatoms. The molecule has 0 atom stereocenters. The number of ether oxygens (including phenoxy) is 3. The molecule has 0 bridgehead atoms. The summed E-state index contributed by atoms with van der Waals surface area (Å²) in [6.07, 6.45) is 3.64. The second-order valence-electron chi connectivity index (χ2n) is 7.70. The van der Waals surface area contributed by atoms with Gasteiger partial charge in [0, 0.05) is 18.9 Å². The van der Waals surface area contributed by atoms with Crippen molar-refractivity contribution in [1.82, 2.24) is 5.32 Å². The summed E-state index contributed by atoms with van der Waals surface area (Å²) in [5, 5.41) is 2.88. The van der Waals surface area contributed by atoms with Crippen LogP contribution in [0.15, 0.2) is 42.5 Å². The molecule has 1 aliphatic rings. The molecule has 1 saturated carbocycles. The maximum Gasteiger partial charge on any atom is 0.408 e. The summed E-state index contributed by atoms with van der Waals surface area (Å²) in [6, 6.07) is 9.91. The molecule has 0 unspecified atom stereocenters. The normalized spacial score (nSPS) is 22.1. The van der Waals surface area contributed by atoms with E-state index in [4.69, 9.17) is 14.2 Å². The van der Waals surface area contributed by atoms with Gasteiger partial charge in [-0.05, 0) is 33.3 Å². The Morgan fingerprint density at radius 2 is 1.89 bits per heavy atom. The van der Waals surface area contributed by atoms with Crippen LogP contribution in [0.5, 0.6) is 0 Å². The smallest absolute Gasteiger partial charge is 0.408 e. The highest BCUT2D eigenvalue weighted by atomic mass is 16.6. The Bertz CT molecular complexity index is 657. The summed E-state index contributed by atoms with van der Waals surface area (Å²) >= 11 is 0. The number of nitrogens with one attached hydrogen (secondary N) is 1. The number of alkyl carbamates (subject to hydrolysis) is 1. The zero-order valence-electron chi connectivity index (χ0n) is 16.5. The van der Waals surface area contributed by atoms with Gasteiger partial charge in [0.2, 0.25) is 0 Å². The summed E-state index contributed by atoms with van der Waals surface area (Å²) in [5.41, 5.74) is -0.170. The summed E-state index contributed by atoms with van der Waals surface area (Å²) in [6.45, 7) is 7.98. The van der Waals surface area contributed by atoms with Gasteiger partial charge in [-0.2, -0.15) is 0 Å². The van der Waals surface area contributed by atoms with E-state index in [1.807, 2.05) is 30.3 Å². The molecule has 6 nitrogen and oxygen atoms in total. The van der Waals surface area contributed by atoms with E-state index in [9.17, 15) is 9.59 Å². The van der Waals surface area contributed by atoms with Crippen LogP contribution in [0.1, 0.15) is 46.1 Å². The molecular weight excluding hydrogens is 346 g/mol. The lowest BCUT2D eigenvalue weighted by Crippen LogP contribution is -2.59. The van der Waals surface area contributed by atoms with Crippen molar-refractivity contribution in [2.75, 3.05) is 6.61 Å². The monoisotopic (exact) mass is 375 g/mol. The molecule has 1 aliphatic carbocycles. The standard InChI is InChI=1S/C21H29NO5/c1-5-25-18(23)11-12-21(22-19(24)27-20(2,3)4)13-17(14-21)26-15-16-9-7-6-8-10-16/h6-12,17H,5,13-15H2,1-4H3,(H,22,24)/b12-11+. The Morgan fingerprint density at radius 1 is 1.22 bits per heavy atom. The van der Waals surface area contributed by atoms with E-state index >= 15 is 0 Å². The predicted octanol–water partition coefficient (Wildman–Crippen LogP) is 3.75. The van der Waals surface area contributed by atoms with Crippen LogP contribution in [0.3, 0.4) is 0 Å². The predicted molar refractivity (Wildman–Crippen MR) is 102 cm³/mol. The Balaban J connectivity index is 1.95. The Hall–Kier alpha value is -2.34. The van der Waals surface area contributed by atoms with Crippen LogP contribution >= 0.6 is 0 Å². The molecule has 0 radical (unpaired) electrons. The maximum atomic E-state index is 12.2. The van der Waals surface area contributed by atoms with Crippen LogP contribution in [0, 0.1) is 0 Å². The van der Waals surface area contributed by atoms with Crippen molar-refractivity contribution in [3.05, 3.63) is 48.0 Å². The maximum absolute atomic E-state index is 12.2. The van der Waals surface area contributed by atoms with Crippen LogP contribution in [0.25, 0.3) is 0 Å². The van der Waals surface area contributed by atoms with Gasteiger partial charge in [-0.1, -0.05) is 36.4 Å². The summed E-state index contributed by atoms with van der Waals surface area (Å²) in [7, 11) is 0. The highest BCUT2D eigenvalue weighted by Gasteiger charge is 2.45. The Morgan fingerprint density at radius 3 is 2.48 bits per heavy atom. The molecule has 0 spiro atoms. The third-order valence-corrected chi connectivity index (χ3v) is 4.09. The van der Waals surface area contributed by atoms with Crippen molar-refractivity contribution in [3.8, 4) is 0 Å². The molecule has 1 aromatic carbocycles. The molecule has 1 N–H and O–H groups in total. The van der Waals surface area contributed by atoms with Crippen molar-refractivity contribution >= 4 is 12.1 Å². The third kappa shape index (κ3) is 7.06. The van der Waals surface area contributed by atoms with E-state index in [-0.39, 0.29) is 6.10 Å². The number of hydrogen-bond acceptors (Lipinski definition) is 5. The lowest BCUT2D eigenvalue weighted by Gasteiger charge is -2.45. The molecule has 1 amide bonds. The van der Waals surface area contributed by atoms with Crippen molar-refractivity contribution < 1.29 is 23.8 Å². The number of carbonyl (C=O) groups excluding carboxylic acids is 2. The van der Waals surface area contributed by atoms with Crippen LogP contribution in [-0.4, -0.2) is 35.9 Å². The number of rotatable bonds is 7. The zero-order chi connectivity index (χ0) is 19.9. The summed E-state index contributed by atoms with van der Waals surface area (Å²) in [5.74, 6) is -0.434. The minimum absolute atomic E-state index is 0.00742. The van der Waals surface area contributed by atoms with E-state index in [0.717, 1.165) is 5.56 Å². The first-order chi connectivity index (χ1) is 12.7. The van der Waals surface area contributed by atoms with Gasteiger partial charge >= 0.3 is 12.1 Å². The van der Waals surface area contributed by atoms with Crippen LogP contribution in [0.4, 0.5) is 4.79 Å². The topological polar surface area (TPSA) is 73.9 Å². The number of hydrogen-bond donors (Lipinski definition) is 1. The molecule has 0 aliphatic heterocycles. The average Bonchev–Trinajstić information content (AvgIpc) is 2.55.